The molecule has 0 bridgehead atoms. The highest BCUT2D eigenvalue weighted by Gasteiger charge is 2.18. The van der Waals surface area contributed by atoms with E-state index in [9.17, 15) is 9.59 Å². The van der Waals surface area contributed by atoms with Gasteiger partial charge >= 0.3 is 0 Å². The topological polar surface area (TPSA) is 49.4 Å². The van der Waals surface area contributed by atoms with Gasteiger partial charge in [-0.1, -0.05) is 11.6 Å². The first-order valence-electron chi connectivity index (χ1n) is 5.30. The molecule has 1 aromatic carbocycles. The van der Waals surface area contributed by atoms with Crippen LogP contribution in [0.3, 0.4) is 0 Å². The van der Waals surface area contributed by atoms with Crippen molar-refractivity contribution in [3.05, 3.63) is 32.4 Å². The number of nitrogens with zero attached hydrogens (tertiary/aromatic N) is 1. The summed E-state index contributed by atoms with van der Waals surface area (Å²) in [6, 6.07) is 4.43. The molecule has 6 heteroatoms. The minimum absolute atomic E-state index is 0.146. The van der Waals surface area contributed by atoms with Crippen molar-refractivity contribution in [3.8, 4) is 0 Å². The fourth-order valence-electron chi connectivity index (χ4n) is 1.37. The lowest BCUT2D eigenvalue weighted by Crippen LogP contribution is -2.44. The molecule has 0 unspecified atom stereocenters. The molecule has 0 radical (unpaired) electrons. The van der Waals surface area contributed by atoms with Crippen molar-refractivity contribution in [1.82, 2.24) is 10.2 Å². The smallest absolute Gasteiger partial charge is 0.251 e. The zero-order valence-corrected chi connectivity index (χ0v) is 13.2. The summed E-state index contributed by atoms with van der Waals surface area (Å²) in [6.45, 7) is 1.65. The minimum atomic E-state index is -0.555. The van der Waals surface area contributed by atoms with Crippen LogP contribution in [0, 0.1) is 3.57 Å². The van der Waals surface area contributed by atoms with Crippen LogP contribution in [0.4, 0.5) is 0 Å². The molecule has 0 spiro atoms. The van der Waals surface area contributed by atoms with Gasteiger partial charge in [0.05, 0.1) is 5.02 Å². The van der Waals surface area contributed by atoms with Crippen molar-refractivity contribution in [2.45, 2.75) is 13.0 Å². The Balaban J connectivity index is 2.76. The maximum Gasteiger partial charge on any atom is 0.251 e. The highest BCUT2D eigenvalue weighted by molar-refractivity contribution is 14.1. The Bertz CT molecular complexity index is 477. The van der Waals surface area contributed by atoms with Crippen molar-refractivity contribution < 1.29 is 9.59 Å². The summed E-state index contributed by atoms with van der Waals surface area (Å²) in [6.07, 6.45) is 0. The van der Waals surface area contributed by atoms with Gasteiger partial charge in [-0.05, 0) is 47.7 Å². The second-order valence-electron chi connectivity index (χ2n) is 4.06. The van der Waals surface area contributed by atoms with Gasteiger partial charge in [0, 0.05) is 23.2 Å². The number of hydrogen-bond acceptors (Lipinski definition) is 2. The second-order valence-corrected chi connectivity index (χ2v) is 5.63. The van der Waals surface area contributed by atoms with E-state index >= 15 is 0 Å². The Kier molecular flexibility index (Phi) is 5.40. The lowest BCUT2D eigenvalue weighted by molar-refractivity contribution is -0.130. The molecule has 0 saturated heterocycles. The molecule has 98 valence electrons. The van der Waals surface area contributed by atoms with E-state index in [1.807, 2.05) is 0 Å². The number of hydrogen-bond donors (Lipinski definition) is 1. The van der Waals surface area contributed by atoms with E-state index in [0.717, 1.165) is 3.57 Å². The second kappa shape index (κ2) is 6.38. The lowest BCUT2D eigenvalue weighted by atomic mass is 10.2. The zero-order valence-electron chi connectivity index (χ0n) is 10.3. The van der Waals surface area contributed by atoms with Gasteiger partial charge in [-0.2, -0.15) is 0 Å². The Morgan fingerprint density at radius 1 is 1.39 bits per heavy atom. The van der Waals surface area contributed by atoms with Crippen LogP contribution in [0.2, 0.25) is 5.02 Å². The molecule has 1 N–H and O–H groups in total. The summed E-state index contributed by atoms with van der Waals surface area (Å²) in [7, 11) is 3.30. The fraction of sp³-hybridized carbons (Fsp3) is 0.333. The molecule has 0 aromatic heterocycles. The van der Waals surface area contributed by atoms with Crippen molar-refractivity contribution in [2.24, 2.45) is 0 Å². The predicted molar refractivity (Wildman–Crippen MR) is 79.8 cm³/mol. The average molecular weight is 381 g/mol. The number of amides is 2. The predicted octanol–water partition coefficient (Wildman–Crippen LogP) is 2.15. The lowest BCUT2D eigenvalue weighted by Gasteiger charge is -2.18. The average Bonchev–Trinajstić information content (AvgIpc) is 2.31. The first-order valence-corrected chi connectivity index (χ1v) is 6.75. The van der Waals surface area contributed by atoms with Crippen LogP contribution in [0.5, 0.6) is 0 Å². The van der Waals surface area contributed by atoms with E-state index in [1.54, 1.807) is 39.2 Å². The van der Waals surface area contributed by atoms with Crippen LogP contribution < -0.4 is 5.32 Å². The molecule has 0 saturated carbocycles. The Labute approximate surface area is 125 Å². The highest BCUT2D eigenvalue weighted by atomic mass is 127. The van der Waals surface area contributed by atoms with Crippen LogP contribution in [0.15, 0.2) is 18.2 Å². The van der Waals surface area contributed by atoms with Crippen LogP contribution in [-0.4, -0.2) is 36.9 Å². The molecule has 0 heterocycles. The van der Waals surface area contributed by atoms with Crippen molar-refractivity contribution in [2.75, 3.05) is 14.1 Å². The number of likely N-dealkylation sites (N-methyl/N-ethyl adjacent to an activating group) is 1. The molecule has 1 rings (SSSR count). The van der Waals surface area contributed by atoms with Gasteiger partial charge in [0.1, 0.15) is 6.04 Å². The first-order chi connectivity index (χ1) is 8.32. The van der Waals surface area contributed by atoms with E-state index in [-0.39, 0.29) is 11.8 Å². The number of nitrogens with one attached hydrogen (secondary N) is 1. The molecule has 18 heavy (non-hydrogen) atoms. The van der Waals surface area contributed by atoms with Crippen molar-refractivity contribution >= 4 is 46.0 Å². The number of halogens is 2. The van der Waals surface area contributed by atoms with Gasteiger partial charge in [0.15, 0.2) is 0 Å². The molecule has 0 aliphatic carbocycles. The van der Waals surface area contributed by atoms with Crippen molar-refractivity contribution in [3.63, 3.8) is 0 Å². The SMILES string of the molecule is C[C@H](NC(=O)c1ccc(Cl)c(I)c1)C(=O)N(C)C. The quantitative estimate of drug-likeness (QED) is 0.817. The Hall–Kier alpha value is -0.820. The summed E-state index contributed by atoms with van der Waals surface area (Å²) in [5.74, 6) is -0.431. The normalized spacial score (nSPS) is 11.8. The van der Waals surface area contributed by atoms with E-state index in [4.69, 9.17) is 11.6 Å². The van der Waals surface area contributed by atoms with E-state index in [2.05, 4.69) is 27.9 Å². The number of benzene rings is 1. The van der Waals surface area contributed by atoms with Crippen LogP contribution in [0.25, 0.3) is 0 Å². The van der Waals surface area contributed by atoms with E-state index in [0.29, 0.717) is 10.6 Å². The van der Waals surface area contributed by atoms with E-state index in [1.165, 1.54) is 4.90 Å². The molecule has 2 amide bonds. The third kappa shape index (κ3) is 3.84. The highest BCUT2D eigenvalue weighted by Crippen LogP contribution is 2.19. The summed E-state index contributed by atoms with van der Waals surface area (Å²) < 4.78 is 0.800. The third-order valence-electron chi connectivity index (χ3n) is 2.34. The standard InChI is InChI=1S/C12H14ClIN2O2/c1-7(12(18)16(2)3)15-11(17)8-4-5-9(13)10(14)6-8/h4-7H,1-3H3,(H,15,17)/t7-/m0/s1. The minimum Gasteiger partial charge on any atom is -0.347 e. The van der Waals surface area contributed by atoms with Gasteiger partial charge < -0.3 is 10.2 Å². The molecule has 0 fully saturated rings. The van der Waals surface area contributed by atoms with Crippen LogP contribution >= 0.6 is 34.2 Å². The number of carbonyl (C=O) groups is 2. The summed E-state index contributed by atoms with van der Waals surface area (Å²) in [5, 5.41) is 3.25. The van der Waals surface area contributed by atoms with Crippen LogP contribution in [0.1, 0.15) is 17.3 Å². The summed E-state index contributed by atoms with van der Waals surface area (Å²) >= 11 is 7.94. The Morgan fingerprint density at radius 3 is 2.50 bits per heavy atom. The summed E-state index contributed by atoms with van der Waals surface area (Å²) in [5.41, 5.74) is 0.488. The molecule has 1 atom stereocenters. The summed E-state index contributed by atoms with van der Waals surface area (Å²) in [4.78, 5) is 25.0. The maximum atomic E-state index is 11.9. The van der Waals surface area contributed by atoms with Gasteiger partial charge in [0.2, 0.25) is 5.91 Å². The van der Waals surface area contributed by atoms with Gasteiger partial charge in [-0.15, -0.1) is 0 Å². The molecule has 1 aromatic rings. The molecule has 4 nitrogen and oxygen atoms in total. The molecule has 0 aliphatic rings. The van der Waals surface area contributed by atoms with Crippen molar-refractivity contribution in [1.29, 1.82) is 0 Å². The Morgan fingerprint density at radius 2 is 2.00 bits per heavy atom. The van der Waals surface area contributed by atoms with Crippen LogP contribution in [-0.2, 0) is 4.79 Å². The van der Waals surface area contributed by atoms with Gasteiger partial charge in [0.25, 0.3) is 5.91 Å². The monoisotopic (exact) mass is 380 g/mol. The molecule has 0 aliphatic heterocycles. The van der Waals surface area contributed by atoms with Gasteiger partial charge in [-0.25, -0.2) is 0 Å². The number of carbonyl (C=O) groups excluding carboxylic acids is 2. The van der Waals surface area contributed by atoms with Gasteiger partial charge in [-0.3, -0.25) is 9.59 Å². The maximum absolute atomic E-state index is 11.9. The first kappa shape index (κ1) is 15.2. The molecular weight excluding hydrogens is 367 g/mol. The largest absolute Gasteiger partial charge is 0.347 e. The zero-order chi connectivity index (χ0) is 13.9. The fourth-order valence-corrected chi connectivity index (χ4v) is 2.00. The number of rotatable bonds is 3. The molecular formula is C12H14ClIN2O2. The third-order valence-corrected chi connectivity index (χ3v) is 3.88. The van der Waals surface area contributed by atoms with E-state index < -0.39 is 6.04 Å².